The second-order valence-electron chi connectivity index (χ2n) is 6.73. The monoisotopic (exact) mass is 357 g/mol. The number of esters is 1. The molecule has 7 heteroatoms. The molecular formula is C19H23N3O4. The van der Waals surface area contributed by atoms with Gasteiger partial charge in [0.05, 0.1) is 5.92 Å². The Balaban J connectivity index is 1.57. The lowest BCUT2D eigenvalue weighted by Gasteiger charge is -2.16. The van der Waals surface area contributed by atoms with Crippen LogP contribution in [0.2, 0.25) is 0 Å². The maximum absolute atomic E-state index is 12.3. The van der Waals surface area contributed by atoms with E-state index in [1.54, 1.807) is 4.90 Å². The molecule has 138 valence electrons. The number of hydrogen-bond donors (Lipinski definition) is 0. The number of anilines is 1. The molecule has 7 nitrogen and oxygen atoms in total. The first kappa shape index (κ1) is 18.1. The Morgan fingerprint density at radius 1 is 1.35 bits per heavy atom. The smallest absolute Gasteiger partial charge is 0.311 e. The van der Waals surface area contributed by atoms with Crippen molar-refractivity contribution in [3.63, 3.8) is 0 Å². The molecule has 2 aromatic rings. The number of aromatic nitrogens is 2. The zero-order valence-electron chi connectivity index (χ0n) is 15.3. The minimum atomic E-state index is -0.485. The lowest BCUT2D eigenvalue weighted by atomic mass is 10.1. The Morgan fingerprint density at radius 3 is 2.69 bits per heavy atom. The van der Waals surface area contributed by atoms with E-state index >= 15 is 0 Å². The van der Waals surface area contributed by atoms with Crippen LogP contribution in [0, 0.1) is 5.92 Å². The van der Waals surface area contributed by atoms with Crippen LogP contribution in [0.5, 0.6) is 0 Å². The van der Waals surface area contributed by atoms with Crippen LogP contribution in [-0.4, -0.2) is 28.6 Å². The van der Waals surface area contributed by atoms with Crippen LogP contribution in [0.25, 0.3) is 0 Å². The van der Waals surface area contributed by atoms with Gasteiger partial charge in [0.15, 0.2) is 12.4 Å². The van der Waals surface area contributed by atoms with E-state index in [9.17, 15) is 9.59 Å². The van der Waals surface area contributed by atoms with Crippen molar-refractivity contribution in [3.8, 4) is 0 Å². The van der Waals surface area contributed by atoms with Crippen LogP contribution in [0.4, 0.5) is 5.69 Å². The number of amides is 1. The van der Waals surface area contributed by atoms with Gasteiger partial charge in [0.25, 0.3) is 5.89 Å². The molecule has 0 spiro atoms. The molecule has 1 aromatic heterocycles. The average Bonchev–Trinajstić information content (AvgIpc) is 3.27. The second kappa shape index (κ2) is 7.68. The van der Waals surface area contributed by atoms with Gasteiger partial charge in [-0.05, 0) is 24.1 Å². The van der Waals surface area contributed by atoms with Crippen LogP contribution >= 0.6 is 0 Å². The van der Waals surface area contributed by atoms with E-state index in [2.05, 4.69) is 17.1 Å². The first-order valence-corrected chi connectivity index (χ1v) is 8.86. The molecule has 1 atom stereocenters. The molecule has 2 heterocycles. The molecule has 0 radical (unpaired) electrons. The summed E-state index contributed by atoms with van der Waals surface area (Å²) < 4.78 is 10.3. The maximum atomic E-state index is 12.3. The summed E-state index contributed by atoms with van der Waals surface area (Å²) >= 11 is 0. The lowest BCUT2D eigenvalue weighted by molar-refractivity contribution is -0.150. The highest BCUT2D eigenvalue weighted by atomic mass is 16.6. The van der Waals surface area contributed by atoms with Crippen LogP contribution in [0.1, 0.15) is 50.4 Å². The number of ether oxygens (including phenoxy) is 1. The van der Waals surface area contributed by atoms with Crippen LogP contribution in [0.3, 0.4) is 0 Å². The summed E-state index contributed by atoms with van der Waals surface area (Å²) in [4.78, 5) is 30.4. The van der Waals surface area contributed by atoms with Gasteiger partial charge in [-0.3, -0.25) is 9.59 Å². The van der Waals surface area contributed by atoms with E-state index in [-0.39, 0.29) is 30.7 Å². The molecule has 1 amide bonds. The molecule has 1 fully saturated rings. The van der Waals surface area contributed by atoms with Crippen molar-refractivity contribution >= 4 is 17.6 Å². The van der Waals surface area contributed by atoms with E-state index in [4.69, 9.17) is 9.26 Å². The summed E-state index contributed by atoms with van der Waals surface area (Å²) in [5.41, 5.74) is 2.01. The highest BCUT2D eigenvalue weighted by molar-refractivity contribution is 5.99. The fourth-order valence-corrected chi connectivity index (χ4v) is 2.84. The number of carbonyl (C=O) groups excluding carboxylic acids is 2. The SMILES string of the molecule is CCc1ccc(N2C[C@H](C(=O)OCc3nc(C(C)C)no3)CC2=O)cc1. The van der Waals surface area contributed by atoms with Gasteiger partial charge < -0.3 is 14.2 Å². The Bertz CT molecular complexity index is 782. The Kier molecular flexibility index (Phi) is 5.35. The standard InChI is InChI=1S/C19H23N3O4/c1-4-13-5-7-15(8-6-13)22-10-14(9-17(22)23)19(24)25-11-16-20-18(12(2)3)21-26-16/h5-8,12,14H,4,9-11H2,1-3H3/t14-/m1/s1. The van der Waals surface area contributed by atoms with E-state index < -0.39 is 11.9 Å². The molecule has 3 rings (SSSR count). The summed E-state index contributed by atoms with van der Waals surface area (Å²) in [5, 5.41) is 3.83. The third-order valence-corrected chi connectivity index (χ3v) is 4.45. The van der Waals surface area contributed by atoms with E-state index in [1.165, 1.54) is 5.56 Å². The van der Waals surface area contributed by atoms with Crippen molar-refractivity contribution in [1.29, 1.82) is 0 Å². The zero-order chi connectivity index (χ0) is 18.7. The number of benzene rings is 1. The largest absolute Gasteiger partial charge is 0.455 e. The van der Waals surface area contributed by atoms with Crippen LogP contribution in [0.15, 0.2) is 28.8 Å². The number of nitrogens with zero attached hydrogens (tertiary/aromatic N) is 3. The molecule has 26 heavy (non-hydrogen) atoms. The van der Waals surface area contributed by atoms with Gasteiger partial charge in [-0.15, -0.1) is 0 Å². The van der Waals surface area contributed by atoms with E-state index in [0.29, 0.717) is 12.4 Å². The van der Waals surface area contributed by atoms with Crippen molar-refractivity contribution < 1.29 is 18.8 Å². The van der Waals surface area contributed by atoms with Gasteiger partial charge in [0, 0.05) is 24.6 Å². The number of aryl methyl sites for hydroxylation is 1. The van der Waals surface area contributed by atoms with Crippen molar-refractivity contribution in [1.82, 2.24) is 10.1 Å². The molecule has 0 aliphatic carbocycles. The number of hydrogen-bond acceptors (Lipinski definition) is 6. The first-order chi connectivity index (χ1) is 12.5. The van der Waals surface area contributed by atoms with Gasteiger partial charge in [0.2, 0.25) is 5.91 Å². The minimum absolute atomic E-state index is 0.0731. The highest BCUT2D eigenvalue weighted by Gasteiger charge is 2.36. The molecule has 1 aliphatic rings. The molecular weight excluding hydrogens is 334 g/mol. The third kappa shape index (κ3) is 3.92. The molecule has 1 aromatic carbocycles. The summed E-state index contributed by atoms with van der Waals surface area (Å²) in [5.74, 6) is 0.00254. The second-order valence-corrected chi connectivity index (χ2v) is 6.73. The van der Waals surface area contributed by atoms with E-state index in [1.807, 2.05) is 38.1 Å². The molecule has 0 bridgehead atoms. The lowest BCUT2D eigenvalue weighted by Crippen LogP contribution is -2.26. The fraction of sp³-hybridized carbons (Fsp3) is 0.474. The summed E-state index contributed by atoms with van der Waals surface area (Å²) in [6, 6.07) is 7.82. The summed E-state index contributed by atoms with van der Waals surface area (Å²) in [6.45, 7) is 6.23. The predicted molar refractivity (Wildman–Crippen MR) is 94.5 cm³/mol. The van der Waals surface area contributed by atoms with Crippen molar-refractivity contribution in [2.75, 3.05) is 11.4 Å². The number of rotatable bonds is 6. The predicted octanol–water partition coefficient (Wildman–Crippen LogP) is 2.85. The molecule has 0 saturated carbocycles. The molecule has 1 aliphatic heterocycles. The third-order valence-electron chi connectivity index (χ3n) is 4.45. The molecule has 0 N–H and O–H groups in total. The Hall–Kier alpha value is -2.70. The molecule has 0 unspecified atom stereocenters. The zero-order valence-corrected chi connectivity index (χ0v) is 15.3. The van der Waals surface area contributed by atoms with Crippen molar-refractivity contribution in [3.05, 3.63) is 41.5 Å². The van der Waals surface area contributed by atoms with E-state index in [0.717, 1.165) is 12.1 Å². The first-order valence-electron chi connectivity index (χ1n) is 8.86. The van der Waals surface area contributed by atoms with Gasteiger partial charge in [-0.1, -0.05) is 38.1 Å². The van der Waals surface area contributed by atoms with Gasteiger partial charge in [-0.25, -0.2) is 0 Å². The number of carbonyl (C=O) groups is 2. The molecule has 1 saturated heterocycles. The normalized spacial score (nSPS) is 17.2. The van der Waals surface area contributed by atoms with Gasteiger partial charge >= 0.3 is 5.97 Å². The Morgan fingerprint density at radius 2 is 2.08 bits per heavy atom. The fourth-order valence-electron chi connectivity index (χ4n) is 2.84. The van der Waals surface area contributed by atoms with Crippen LogP contribution in [-0.2, 0) is 27.4 Å². The topological polar surface area (TPSA) is 85.5 Å². The summed E-state index contributed by atoms with van der Waals surface area (Å²) in [7, 11) is 0. The summed E-state index contributed by atoms with van der Waals surface area (Å²) in [6.07, 6.45) is 1.09. The average molecular weight is 357 g/mol. The van der Waals surface area contributed by atoms with Crippen molar-refractivity contribution in [2.24, 2.45) is 5.92 Å². The maximum Gasteiger partial charge on any atom is 0.311 e. The Labute approximate surface area is 152 Å². The van der Waals surface area contributed by atoms with Gasteiger partial charge in [0.1, 0.15) is 0 Å². The minimum Gasteiger partial charge on any atom is -0.455 e. The quantitative estimate of drug-likeness (QED) is 0.739. The highest BCUT2D eigenvalue weighted by Crippen LogP contribution is 2.26. The van der Waals surface area contributed by atoms with Crippen molar-refractivity contribution in [2.45, 2.75) is 46.1 Å². The van der Waals surface area contributed by atoms with Crippen LogP contribution < -0.4 is 4.90 Å². The van der Waals surface area contributed by atoms with Gasteiger partial charge in [-0.2, -0.15) is 4.98 Å².